The first-order valence-corrected chi connectivity index (χ1v) is 7.88. The molecule has 0 saturated carbocycles. The van der Waals surface area contributed by atoms with Crippen molar-refractivity contribution in [3.05, 3.63) is 64.1 Å². The number of halogens is 1. The van der Waals surface area contributed by atoms with E-state index in [0.717, 1.165) is 0 Å². The van der Waals surface area contributed by atoms with Gasteiger partial charge in [-0.3, -0.25) is 20.4 Å². The molecular weight excluding hydrogens is 360 g/mol. The summed E-state index contributed by atoms with van der Waals surface area (Å²) in [6.45, 7) is 3.81. The van der Waals surface area contributed by atoms with Gasteiger partial charge in [0.05, 0.1) is 11.7 Å². The Morgan fingerprint density at radius 1 is 1.00 bits per heavy atom. The lowest BCUT2D eigenvalue weighted by molar-refractivity contribution is 0.0846. The molecule has 120 valence electrons. The Labute approximate surface area is 143 Å². The van der Waals surface area contributed by atoms with Gasteiger partial charge in [-0.25, -0.2) is 0 Å². The van der Waals surface area contributed by atoms with Crippen molar-refractivity contribution in [2.24, 2.45) is 0 Å². The van der Waals surface area contributed by atoms with Gasteiger partial charge < -0.3 is 4.74 Å². The fraction of sp³-hybridized carbons (Fsp3) is 0.176. The Balaban J connectivity index is 2.00. The molecule has 0 aliphatic carbocycles. The first kappa shape index (κ1) is 17.0. The summed E-state index contributed by atoms with van der Waals surface area (Å²) in [6.07, 6.45) is 0.0171. The van der Waals surface area contributed by atoms with Gasteiger partial charge in [0, 0.05) is 10.0 Å². The molecule has 0 fully saturated rings. The normalized spacial score (nSPS) is 10.3. The number of hydrazine groups is 1. The SMILES string of the molecule is CC(C)Oc1cccc(C(=O)NNC(=O)c2ccccc2Br)c1. The highest BCUT2D eigenvalue weighted by Gasteiger charge is 2.12. The van der Waals surface area contributed by atoms with Crippen LogP contribution in [0.25, 0.3) is 0 Å². The van der Waals surface area contributed by atoms with E-state index in [0.29, 0.717) is 21.3 Å². The summed E-state index contributed by atoms with van der Waals surface area (Å²) in [7, 11) is 0. The maximum Gasteiger partial charge on any atom is 0.270 e. The van der Waals surface area contributed by atoms with Crippen LogP contribution >= 0.6 is 15.9 Å². The highest BCUT2D eigenvalue weighted by Crippen LogP contribution is 2.16. The smallest absolute Gasteiger partial charge is 0.270 e. The Bertz CT molecular complexity index is 716. The Morgan fingerprint density at radius 2 is 1.70 bits per heavy atom. The van der Waals surface area contributed by atoms with Crippen molar-refractivity contribution < 1.29 is 14.3 Å². The van der Waals surface area contributed by atoms with Crippen LogP contribution < -0.4 is 15.6 Å². The van der Waals surface area contributed by atoms with E-state index in [1.165, 1.54) is 0 Å². The number of nitrogens with one attached hydrogen (secondary N) is 2. The van der Waals surface area contributed by atoms with E-state index in [9.17, 15) is 9.59 Å². The van der Waals surface area contributed by atoms with E-state index < -0.39 is 11.8 Å². The maximum atomic E-state index is 12.1. The molecule has 0 radical (unpaired) electrons. The molecule has 2 aromatic rings. The van der Waals surface area contributed by atoms with E-state index >= 15 is 0 Å². The predicted octanol–water partition coefficient (Wildman–Crippen LogP) is 3.31. The molecule has 0 unspecified atom stereocenters. The Kier molecular flexibility index (Phi) is 5.76. The number of amides is 2. The Hall–Kier alpha value is -2.34. The largest absolute Gasteiger partial charge is 0.491 e. The van der Waals surface area contributed by atoms with Gasteiger partial charge in [0.15, 0.2) is 0 Å². The molecular formula is C17H17BrN2O3. The van der Waals surface area contributed by atoms with Gasteiger partial charge in [0.1, 0.15) is 5.75 Å². The minimum absolute atomic E-state index is 0.0171. The molecule has 0 aliphatic heterocycles. The number of rotatable bonds is 4. The van der Waals surface area contributed by atoms with Crippen molar-refractivity contribution in [1.82, 2.24) is 10.9 Å². The third-order valence-electron chi connectivity index (χ3n) is 2.88. The molecule has 2 rings (SSSR count). The molecule has 0 atom stereocenters. The molecule has 2 aromatic carbocycles. The van der Waals surface area contributed by atoms with Crippen LogP contribution in [0.15, 0.2) is 53.0 Å². The quantitative estimate of drug-likeness (QED) is 0.804. The predicted molar refractivity (Wildman–Crippen MR) is 91.3 cm³/mol. The zero-order valence-electron chi connectivity index (χ0n) is 12.8. The van der Waals surface area contributed by atoms with Gasteiger partial charge in [-0.2, -0.15) is 0 Å². The van der Waals surface area contributed by atoms with Gasteiger partial charge in [-0.05, 0) is 60.1 Å². The van der Waals surface area contributed by atoms with Crippen LogP contribution in [0.1, 0.15) is 34.6 Å². The minimum Gasteiger partial charge on any atom is -0.491 e. The van der Waals surface area contributed by atoms with Gasteiger partial charge in [0.25, 0.3) is 11.8 Å². The number of hydrogen-bond donors (Lipinski definition) is 2. The lowest BCUT2D eigenvalue weighted by atomic mass is 10.2. The molecule has 0 aliphatic rings. The highest BCUT2D eigenvalue weighted by atomic mass is 79.9. The first-order valence-electron chi connectivity index (χ1n) is 7.09. The molecule has 2 N–H and O–H groups in total. The first-order chi connectivity index (χ1) is 11.0. The molecule has 5 nitrogen and oxygen atoms in total. The van der Waals surface area contributed by atoms with Gasteiger partial charge >= 0.3 is 0 Å². The van der Waals surface area contributed by atoms with E-state index in [1.807, 2.05) is 13.8 Å². The maximum absolute atomic E-state index is 12.1. The van der Waals surface area contributed by atoms with Crippen LogP contribution in [0, 0.1) is 0 Å². The summed E-state index contributed by atoms with van der Waals surface area (Å²) >= 11 is 3.29. The summed E-state index contributed by atoms with van der Waals surface area (Å²) in [5.74, 6) is -0.218. The van der Waals surface area contributed by atoms with E-state index in [2.05, 4.69) is 26.8 Å². The topological polar surface area (TPSA) is 67.4 Å². The number of hydrogen-bond acceptors (Lipinski definition) is 3. The van der Waals surface area contributed by atoms with Crippen LogP contribution in [0.3, 0.4) is 0 Å². The Morgan fingerprint density at radius 3 is 2.39 bits per heavy atom. The highest BCUT2D eigenvalue weighted by molar-refractivity contribution is 9.10. The molecule has 23 heavy (non-hydrogen) atoms. The number of carbonyl (C=O) groups is 2. The molecule has 0 heterocycles. The molecule has 2 amide bonds. The monoisotopic (exact) mass is 376 g/mol. The summed E-state index contributed by atoms with van der Waals surface area (Å²) in [4.78, 5) is 24.1. The fourth-order valence-corrected chi connectivity index (χ4v) is 2.35. The van der Waals surface area contributed by atoms with Crippen LogP contribution in [-0.4, -0.2) is 17.9 Å². The minimum atomic E-state index is -0.417. The van der Waals surface area contributed by atoms with E-state index in [-0.39, 0.29) is 6.10 Å². The summed E-state index contributed by atoms with van der Waals surface area (Å²) in [5.41, 5.74) is 5.61. The average Bonchev–Trinajstić information content (AvgIpc) is 2.52. The molecule has 0 bridgehead atoms. The fourth-order valence-electron chi connectivity index (χ4n) is 1.88. The zero-order chi connectivity index (χ0) is 16.8. The van der Waals surface area contributed by atoms with Gasteiger partial charge in [0.2, 0.25) is 0 Å². The van der Waals surface area contributed by atoms with E-state index in [1.54, 1.807) is 48.5 Å². The molecule has 6 heteroatoms. The lowest BCUT2D eigenvalue weighted by Gasteiger charge is -2.11. The number of benzene rings is 2. The van der Waals surface area contributed by atoms with Crippen molar-refractivity contribution in [3.63, 3.8) is 0 Å². The summed E-state index contributed by atoms with van der Waals surface area (Å²) < 4.78 is 6.19. The second kappa shape index (κ2) is 7.78. The van der Waals surface area contributed by atoms with Crippen molar-refractivity contribution in [2.45, 2.75) is 20.0 Å². The lowest BCUT2D eigenvalue weighted by Crippen LogP contribution is -2.41. The van der Waals surface area contributed by atoms with Crippen LogP contribution in [0.4, 0.5) is 0 Å². The average molecular weight is 377 g/mol. The zero-order valence-corrected chi connectivity index (χ0v) is 14.4. The van der Waals surface area contributed by atoms with E-state index in [4.69, 9.17) is 4.74 Å². The molecule has 0 spiro atoms. The second-order valence-corrected chi connectivity index (χ2v) is 5.94. The third-order valence-corrected chi connectivity index (χ3v) is 3.57. The molecule has 0 saturated heterocycles. The van der Waals surface area contributed by atoms with Crippen molar-refractivity contribution in [2.75, 3.05) is 0 Å². The number of ether oxygens (including phenoxy) is 1. The second-order valence-electron chi connectivity index (χ2n) is 5.08. The third kappa shape index (κ3) is 4.82. The summed E-state index contributed by atoms with van der Waals surface area (Å²) in [5, 5.41) is 0. The van der Waals surface area contributed by atoms with Crippen molar-refractivity contribution in [3.8, 4) is 5.75 Å². The van der Waals surface area contributed by atoms with Gasteiger partial charge in [-0.15, -0.1) is 0 Å². The van der Waals surface area contributed by atoms with Crippen LogP contribution in [0.5, 0.6) is 5.75 Å². The van der Waals surface area contributed by atoms with Crippen LogP contribution in [-0.2, 0) is 0 Å². The van der Waals surface area contributed by atoms with Crippen LogP contribution in [0.2, 0.25) is 0 Å². The van der Waals surface area contributed by atoms with Gasteiger partial charge in [-0.1, -0.05) is 18.2 Å². The standard InChI is InChI=1S/C17H17BrN2O3/c1-11(2)23-13-7-5-6-12(10-13)16(21)19-20-17(22)14-8-3-4-9-15(14)18/h3-11H,1-2H3,(H,19,21)(H,20,22). The molecule has 0 aromatic heterocycles. The van der Waals surface area contributed by atoms with Crippen molar-refractivity contribution in [1.29, 1.82) is 0 Å². The summed E-state index contributed by atoms with van der Waals surface area (Å²) in [6, 6.07) is 13.7. The number of carbonyl (C=O) groups excluding carboxylic acids is 2. The van der Waals surface area contributed by atoms with Crippen molar-refractivity contribution >= 4 is 27.7 Å².